The van der Waals surface area contributed by atoms with E-state index < -0.39 is 5.97 Å². The molecule has 1 aromatic carbocycles. The third kappa shape index (κ3) is 5.48. The summed E-state index contributed by atoms with van der Waals surface area (Å²) < 4.78 is 0. The van der Waals surface area contributed by atoms with E-state index in [0.717, 1.165) is 12.0 Å². The number of carbonyl (C=O) groups excluding carboxylic acids is 1. The smallest absolute Gasteiger partial charge is 0.304 e. The molecule has 0 fully saturated rings. The van der Waals surface area contributed by atoms with Gasteiger partial charge in [-0.05, 0) is 38.4 Å². The van der Waals surface area contributed by atoms with E-state index in [1.54, 1.807) is 18.9 Å². The Morgan fingerprint density at radius 3 is 2.32 bits per heavy atom. The minimum atomic E-state index is -0.858. The Kier molecular flexibility index (Phi) is 7.05. The number of carboxylic acids is 1. The van der Waals surface area contributed by atoms with E-state index in [2.05, 4.69) is 24.4 Å². The number of hydrogen-bond acceptors (Lipinski definition) is 3. The van der Waals surface area contributed by atoms with Crippen molar-refractivity contribution in [1.29, 1.82) is 0 Å². The van der Waals surface area contributed by atoms with Crippen LogP contribution in [0, 0.1) is 0 Å². The number of amides is 1. The summed E-state index contributed by atoms with van der Waals surface area (Å²) in [5, 5.41) is 11.7. The molecule has 0 heterocycles. The van der Waals surface area contributed by atoms with Gasteiger partial charge < -0.3 is 10.4 Å². The average Bonchev–Trinajstić information content (AvgIpc) is 2.51. The van der Waals surface area contributed by atoms with Crippen LogP contribution in [-0.4, -0.2) is 41.5 Å². The van der Waals surface area contributed by atoms with Gasteiger partial charge in [-0.25, -0.2) is 0 Å². The Morgan fingerprint density at radius 1 is 1.23 bits per heavy atom. The third-order valence-corrected chi connectivity index (χ3v) is 3.97. The summed E-state index contributed by atoms with van der Waals surface area (Å²) in [5.41, 5.74) is 2.33. The minimum absolute atomic E-state index is 0.0299. The molecule has 0 aliphatic rings. The molecule has 122 valence electrons. The fourth-order valence-corrected chi connectivity index (χ4v) is 2.13. The Bertz CT molecular complexity index is 499. The number of nitrogens with one attached hydrogen (secondary N) is 1. The van der Waals surface area contributed by atoms with Crippen LogP contribution in [0.2, 0.25) is 0 Å². The fourth-order valence-electron chi connectivity index (χ4n) is 2.13. The van der Waals surface area contributed by atoms with Gasteiger partial charge in [-0.1, -0.05) is 31.2 Å². The second kappa shape index (κ2) is 8.54. The summed E-state index contributed by atoms with van der Waals surface area (Å²) in [6, 6.07) is 7.76. The predicted octanol–water partition coefficient (Wildman–Crippen LogP) is 2.22. The Labute approximate surface area is 132 Å². The van der Waals surface area contributed by atoms with Crippen LogP contribution in [0.4, 0.5) is 0 Å². The minimum Gasteiger partial charge on any atom is -0.481 e. The van der Waals surface area contributed by atoms with E-state index in [0.29, 0.717) is 6.54 Å². The van der Waals surface area contributed by atoms with Crippen LogP contribution in [0.3, 0.4) is 0 Å². The van der Waals surface area contributed by atoms with Gasteiger partial charge in [0.25, 0.3) is 0 Å². The van der Waals surface area contributed by atoms with Gasteiger partial charge in [0.2, 0.25) is 5.91 Å². The van der Waals surface area contributed by atoms with Gasteiger partial charge in [0, 0.05) is 6.54 Å². The number of aliphatic carboxylic acids is 1. The van der Waals surface area contributed by atoms with E-state index in [1.807, 2.05) is 19.1 Å². The first-order valence-electron chi connectivity index (χ1n) is 7.66. The van der Waals surface area contributed by atoms with E-state index in [4.69, 9.17) is 5.11 Å². The maximum Gasteiger partial charge on any atom is 0.304 e. The molecule has 22 heavy (non-hydrogen) atoms. The highest BCUT2D eigenvalue weighted by Crippen LogP contribution is 2.14. The number of hydrogen-bond donors (Lipinski definition) is 2. The van der Waals surface area contributed by atoms with Gasteiger partial charge in [0.15, 0.2) is 0 Å². The van der Waals surface area contributed by atoms with Gasteiger partial charge in [0.05, 0.1) is 18.5 Å². The van der Waals surface area contributed by atoms with Crippen LogP contribution in [0.1, 0.15) is 44.4 Å². The molecule has 5 nitrogen and oxygen atoms in total. The van der Waals surface area contributed by atoms with Crippen molar-refractivity contribution in [1.82, 2.24) is 10.2 Å². The number of nitrogens with zero attached hydrogens (tertiary/aromatic N) is 1. The summed E-state index contributed by atoms with van der Waals surface area (Å²) in [6.07, 6.45) is 1.02. The van der Waals surface area contributed by atoms with Gasteiger partial charge in [-0.2, -0.15) is 0 Å². The maximum atomic E-state index is 12.2. The summed E-state index contributed by atoms with van der Waals surface area (Å²) in [4.78, 5) is 24.6. The number of carboxylic acid groups (broad SMARTS) is 1. The van der Waals surface area contributed by atoms with Crippen molar-refractivity contribution in [3.05, 3.63) is 35.4 Å². The lowest BCUT2D eigenvalue weighted by molar-refractivity contribution is -0.138. The number of rotatable bonds is 8. The summed E-state index contributed by atoms with van der Waals surface area (Å²) in [5.74, 6) is -0.955. The van der Waals surface area contributed by atoms with Crippen LogP contribution < -0.4 is 5.32 Å². The molecule has 2 N–H and O–H groups in total. The Morgan fingerprint density at radius 2 is 1.82 bits per heavy atom. The molecule has 0 spiro atoms. The van der Waals surface area contributed by atoms with Crippen LogP contribution in [-0.2, 0) is 16.0 Å². The third-order valence-electron chi connectivity index (χ3n) is 3.97. The van der Waals surface area contributed by atoms with Crippen LogP contribution in [0.15, 0.2) is 24.3 Å². The first-order valence-corrected chi connectivity index (χ1v) is 7.66. The molecular formula is C17H26N2O3. The molecule has 0 saturated heterocycles. The second-order valence-corrected chi connectivity index (χ2v) is 5.63. The van der Waals surface area contributed by atoms with E-state index in [1.165, 1.54) is 5.56 Å². The average molecular weight is 306 g/mol. The highest BCUT2D eigenvalue weighted by atomic mass is 16.4. The topological polar surface area (TPSA) is 69.6 Å². The predicted molar refractivity (Wildman–Crippen MR) is 86.7 cm³/mol. The number of aryl methyl sites for hydroxylation is 1. The van der Waals surface area contributed by atoms with Crippen molar-refractivity contribution >= 4 is 11.9 Å². The molecule has 1 aromatic rings. The van der Waals surface area contributed by atoms with Crippen molar-refractivity contribution in [2.75, 3.05) is 13.6 Å². The van der Waals surface area contributed by atoms with E-state index >= 15 is 0 Å². The summed E-state index contributed by atoms with van der Waals surface area (Å²) >= 11 is 0. The Balaban J connectivity index is 2.56. The normalized spacial score (nSPS) is 13.7. The lowest BCUT2D eigenvalue weighted by Gasteiger charge is -2.25. The van der Waals surface area contributed by atoms with Crippen LogP contribution >= 0.6 is 0 Å². The van der Waals surface area contributed by atoms with Gasteiger partial charge in [-0.3, -0.25) is 14.5 Å². The quantitative estimate of drug-likeness (QED) is 0.772. The van der Waals surface area contributed by atoms with Crippen molar-refractivity contribution in [3.8, 4) is 0 Å². The molecular weight excluding hydrogens is 280 g/mol. The number of likely N-dealkylation sites (N-methyl/N-ethyl adjacent to an activating group) is 1. The molecule has 0 aliphatic carbocycles. The zero-order valence-corrected chi connectivity index (χ0v) is 13.8. The molecule has 2 unspecified atom stereocenters. The van der Waals surface area contributed by atoms with Crippen LogP contribution in [0.5, 0.6) is 0 Å². The van der Waals surface area contributed by atoms with Crippen LogP contribution in [0.25, 0.3) is 0 Å². The van der Waals surface area contributed by atoms with Gasteiger partial charge in [-0.15, -0.1) is 0 Å². The van der Waals surface area contributed by atoms with Gasteiger partial charge >= 0.3 is 5.97 Å². The lowest BCUT2D eigenvalue weighted by Crippen LogP contribution is -2.44. The largest absolute Gasteiger partial charge is 0.481 e. The standard InChI is InChI=1S/C17H26N2O3/c1-5-14-6-8-15(9-7-14)12(2)18-17(22)13(3)19(4)11-10-16(20)21/h6-9,12-13H,5,10-11H2,1-4H3,(H,18,22)(H,20,21). The van der Waals surface area contributed by atoms with Crippen molar-refractivity contribution in [3.63, 3.8) is 0 Å². The monoisotopic (exact) mass is 306 g/mol. The molecule has 0 bridgehead atoms. The molecule has 0 aromatic heterocycles. The first-order chi connectivity index (χ1) is 10.3. The van der Waals surface area contributed by atoms with Crippen molar-refractivity contribution in [2.24, 2.45) is 0 Å². The van der Waals surface area contributed by atoms with Gasteiger partial charge in [0.1, 0.15) is 0 Å². The van der Waals surface area contributed by atoms with E-state index in [-0.39, 0.29) is 24.4 Å². The Hall–Kier alpha value is -1.88. The molecule has 0 saturated carbocycles. The zero-order chi connectivity index (χ0) is 16.7. The summed E-state index contributed by atoms with van der Waals surface area (Å²) in [7, 11) is 1.76. The number of carbonyl (C=O) groups is 2. The highest BCUT2D eigenvalue weighted by Gasteiger charge is 2.20. The molecule has 1 rings (SSSR count). The van der Waals surface area contributed by atoms with Crippen molar-refractivity contribution in [2.45, 2.75) is 45.7 Å². The second-order valence-electron chi connectivity index (χ2n) is 5.63. The summed E-state index contributed by atoms with van der Waals surface area (Å²) in [6.45, 7) is 6.19. The molecule has 1 amide bonds. The SMILES string of the molecule is CCc1ccc(C(C)NC(=O)C(C)N(C)CCC(=O)O)cc1. The molecule has 5 heteroatoms. The number of benzene rings is 1. The zero-order valence-electron chi connectivity index (χ0n) is 13.8. The van der Waals surface area contributed by atoms with E-state index in [9.17, 15) is 9.59 Å². The fraction of sp³-hybridized carbons (Fsp3) is 0.529. The highest BCUT2D eigenvalue weighted by molar-refractivity contribution is 5.81. The first kappa shape index (κ1) is 18.2. The molecule has 0 radical (unpaired) electrons. The molecule has 2 atom stereocenters. The van der Waals surface area contributed by atoms with Crippen molar-refractivity contribution < 1.29 is 14.7 Å². The maximum absolute atomic E-state index is 12.2. The lowest BCUT2D eigenvalue weighted by atomic mass is 10.0. The molecule has 0 aliphatic heterocycles.